The van der Waals surface area contributed by atoms with E-state index >= 15 is 0 Å². The average Bonchev–Trinajstić information content (AvgIpc) is 2.82. The molecule has 30 heavy (non-hydrogen) atoms. The van der Waals surface area contributed by atoms with E-state index in [9.17, 15) is 21.6 Å². The highest BCUT2D eigenvalue weighted by Gasteiger charge is 2.50. The maximum absolute atomic E-state index is 13.0. The van der Waals surface area contributed by atoms with Crippen LogP contribution < -0.4 is 10.6 Å². The SMILES string of the molecule is O=S(=O)(OC1=Cc2cc(Cl)ccc2C(C2CCNCC2)C2NC=CC=C12)C(F)(F)F. The summed E-state index contributed by atoms with van der Waals surface area (Å²) < 4.78 is 67.3. The Kier molecular flexibility index (Phi) is 5.63. The summed E-state index contributed by atoms with van der Waals surface area (Å²) in [5.74, 6) is -0.207. The van der Waals surface area contributed by atoms with Crippen LogP contribution in [0.2, 0.25) is 5.02 Å². The number of hydrogen-bond donors (Lipinski definition) is 2. The fourth-order valence-corrected chi connectivity index (χ4v) is 5.04. The van der Waals surface area contributed by atoms with Crippen molar-refractivity contribution in [3.8, 4) is 0 Å². The van der Waals surface area contributed by atoms with Gasteiger partial charge in [0.15, 0.2) is 0 Å². The van der Waals surface area contributed by atoms with E-state index < -0.39 is 21.7 Å². The summed E-state index contributed by atoms with van der Waals surface area (Å²) in [6.45, 7) is 1.68. The predicted molar refractivity (Wildman–Crippen MR) is 108 cm³/mol. The maximum atomic E-state index is 13.0. The summed E-state index contributed by atoms with van der Waals surface area (Å²) in [5.41, 5.74) is -3.72. The first kappa shape index (κ1) is 21.3. The number of nitrogens with one attached hydrogen (secondary N) is 2. The van der Waals surface area contributed by atoms with E-state index in [1.165, 1.54) is 6.08 Å². The van der Waals surface area contributed by atoms with E-state index in [0.29, 0.717) is 16.2 Å². The standard InChI is InChI=1S/C20H20ClF3N2O3S/c21-14-3-4-15-13(10-14)11-17(29-30(27,28)20(22,23)24)16-2-1-7-26-19(16)18(15)12-5-8-25-9-6-12/h1-4,7,10-12,18-19,25-26H,5-6,8-9H2. The normalized spacial score (nSPS) is 24.7. The highest BCUT2D eigenvalue weighted by Crippen LogP contribution is 2.45. The largest absolute Gasteiger partial charge is 0.534 e. The number of halogens is 4. The van der Waals surface area contributed by atoms with Crippen molar-refractivity contribution in [3.05, 3.63) is 64.0 Å². The summed E-state index contributed by atoms with van der Waals surface area (Å²) in [6, 6.07) is 4.79. The van der Waals surface area contributed by atoms with Gasteiger partial charge in [0.1, 0.15) is 5.76 Å². The van der Waals surface area contributed by atoms with Gasteiger partial charge in [-0.05, 0) is 73.5 Å². The molecule has 10 heteroatoms. The van der Waals surface area contributed by atoms with Crippen LogP contribution in [0.3, 0.4) is 0 Å². The minimum atomic E-state index is -5.82. The van der Waals surface area contributed by atoms with E-state index in [0.717, 1.165) is 31.5 Å². The first-order valence-electron chi connectivity index (χ1n) is 9.53. The third kappa shape index (κ3) is 3.98. The highest BCUT2D eigenvalue weighted by atomic mass is 35.5. The second kappa shape index (κ2) is 7.94. The molecule has 0 amide bonds. The number of dihydropyridines is 1. The van der Waals surface area contributed by atoms with Crippen LogP contribution in [0.4, 0.5) is 13.2 Å². The van der Waals surface area contributed by atoms with Crippen molar-refractivity contribution in [1.82, 2.24) is 10.6 Å². The van der Waals surface area contributed by atoms with Crippen LogP contribution in [0.1, 0.15) is 29.9 Å². The molecule has 1 aromatic carbocycles. The Morgan fingerprint density at radius 1 is 1.17 bits per heavy atom. The van der Waals surface area contributed by atoms with Crippen LogP contribution >= 0.6 is 11.6 Å². The molecule has 2 aliphatic heterocycles. The third-order valence-electron chi connectivity index (χ3n) is 5.70. The Balaban J connectivity index is 1.85. The van der Waals surface area contributed by atoms with Crippen molar-refractivity contribution in [3.63, 3.8) is 0 Å². The molecule has 0 spiro atoms. The van der Waals surface area contributed by atoms with E-state index in [-0.39, 0.29) is 17.6 Å². The summed E-state index contributed by atoms with van der Waals surface area (Å²) >= 11 is 6.15. The van der Waals surface area contributed by atoms with Gasteiger partial charge in [-0.3, -0.25) is 0 Å². The Morgan fingerprint density at radius 3 is 2.60 bits per heavy atom. The minimum absolute atomic E-state index is 0.0958. The number of alkyl halides is 3. The lowest BCUT2D eigenvalue weighted by Gasteiger charge is -2.38. The number of hydrogen-bond acceptors (Lipinski definition) is 5. The second-order valence-corrected chi connectivity index (χ2v) is 9.48. The molecule has 2 atom stereocenters. The monoisotopic (exact) mass is 460 g/mol. The summed E-state index contributed by atoms with van der Waals surface area (Å²) in [4.78, 5) is 0. The lowest BCUT2D eigenvalue weighted by molar-refractivity contribution is -0.0520. The van der Waals surface area contributed by atoms with Gasteiger partial charge in [-0.25, -0.2) is 0 Å². The molecule has 1 aromatic rings. The van der Waals surface area contributed by atoms with Crippen LogP contribution in [-0.4, -0.2) is 33.1 Å². The van der Waals surface area contributed by atoms with Gasteiger partial charge in [0.2, 0.25) is 0 Å². The molecule has 4 rings (SSSR count). The molecule has 5 nitrogen and oxygen atoms in total. The molecule has 1 aliphatic carbocycles. The van der Waals surface area contributed by atoms with Crippen molar-refractivity contribution in [2.75, 3.05) is 13.1 Å². The van der Waals surface area contributed by atoms with Gasteiger partial charge in [-0.15, -0.1) is 0 Å². The zero-order valence-corrected chi connectivity index (χ0v) is 17.3. The van der Waals surface area contributed by atoms with Crippen LogP contribution in [0.25, 0.3) is 6.08 Å². The van der Waals surface area contributed by atoms with Gasteiger partial charge >= 0.3 is 15.6 Å². The fraction of sp³-hybridized carbons (Fsp3) is 0.400. The van der Waals surface area contributed by atoms with Crippen LogP contribution in [0.5, 0.6) is 0 Å². The van der Waals surface area contributed by atoms with Gasteiger partial charge in [0.25, 0.3) is 0 Å². The molecule has 2 heterocycles. The second-order valence-electron chi connectivity index (χ2n) is 7.50. The zero-order chi connectivity index (χ0) is 21.5. The van der Waals surface area contributed by atoms with Crippen molar-refractivity contribution in [2.24, 2.45) is 5.92 Å². The van der Waals surface area contributed by atoms with Gasteiger partial charge in [0.05, 0.1) is 6.04 Å². The van der Waals surface area contributed by atoms with Crippen molar-refractivity contribution in [2.45, 2.75) is 30.3 Å². The van der Waals surface area contributed by atoms with E-state index in [1.54, 1.807) is 30.5 Å². The van der Waals surface area contributed by atoms with Crippen molar-refractivity contribution >= 4 is 27.8 Å². The van der Waals surface area contributed by atoms with E-state index in [4.69, 9.17) is 11.6 Å². The molecule has 2 unspecified atom stereocenters. The Hall–Kier alpha value is -1.97. The third-order valence-corrected chi connectivity index (χ3v) is 6.90. The van der Waals surface area contributed by atoms with Gasteiger partial charge in [0, 0.05) is 16.5 Å². The molecule has 0 bridgehead atoms. The van der Waals surface area contributed by atoms with Crippen LogP contribution in [-0.2, 0) is 14.3 Å². The van der Waals surface area contributed by atoms with E-state index in [1.807, 2.05) is 6.07 Å². The molecule has 0 radical (unpaired) electrons. The van der Waals surface area contributed by atoms with Crippen molar-refractivity contribution < 1.29 is 25.8 Å². The fourth-order valence-electron chi connectivity index (χ4n) is 4.38. The van der Waals surface area contributed by atoms with Gasteiger partial charge < -0.3 is 14.8 Å². The van der Waals surface area contributed by atoms with Gasteiger partial charge in [-0.2, -0.15) is 21.6 Å². The maximum Gasteiger partial charge on any atom is 0.534 e. The quantitative estimate of drug-likeness (QED) is 0.526. The summed E-state index contributed by atoms with van der Waals surface area (Å²) in [6.07, 6.45) is 8.04. The first-order valence-corrected chi connectivity index (χ1v) is 11.3. The van der Waals surface area contributed by atoms with Gasteiger partial charge in [-0.1, -0.05) is 23.7 Å². The Labute approximate surface area is 177 Å². The predicted octanol–water partition coefficient (Wildman–Crippen LogP) is 4.06. The summed E-state index contributed by atoms with van der Waals surface area (Å²) in [7, 11) is -5.82. The Morgan fingerprint density at radius 2 is 1.90 bits per heavy atom. The molecule has 1 saturated heterocycles. The number of piperidine rings is 1. The molecular formula is C20H20ClF3N2O3S. The zero-order valence-electron chi connectivity index (χ0n) is 15.7. The molecular weight excluding hydrogens is 441 g/mol. The molecule has 162 valence electrons. The van der Waals surface area contributed by atoms with Crippen LogP contribution in [0.15, 0.2) is 47.9 Å². The highest BCUT2D eigenvalue weighted by molar-refractivity contribution is 7.87. The number of benzene rings is 1. The lowest BCUT2D eigenvalue weighted by atomic mass is 9.73. The van der Waals surface area contributed by atoms with Crippen LogP contribution in [0, 0.1) is 5.92 Å². The smallest absolute Gasteiger partial charge is 0.383 e. The van der Waals surface area contributed by atoms with Crippen molar-refractivity contribution in [1.29, 1.82) is 0 Å². The number of rotatable bonds is 3. The molecule has 3 aliphatic rings. The average molecular weight is 461 g/mol. The summed E-state index contributed by atoms with van der Waals surface area (Å²) in [5, 5.41) is 6.94. The molecule has 1 fully saturated rings. The molecule has 0 saturated carbocycles. The number of allylic oxidation sites excluding steroid dienone is 2. The lowest BCUT2D eigenvalue weighted by Crippen LogP contribution is -2.42. The topological polar surface area (TPSA) is 67.4 Å². The molecule has 0 aromatic heterocycles. The number of fused-ring (bicyclic) bond motifs is 2. The molecule has 2 N–H and O–H groups in total. The van der Waals surface area contributed by atoms with E-state index in [2.05, 4.69) is 14.8 Å². The first-order chi connectivity index (χ1) is 14.2. The Bertz CT molecular complexity index is 1030. The minimum Gasteiger partial charge on any atom is -0.383 e.